The maximum Gasteiger partial charge on any atom is 0.316 e. The minimum absolute atomic E-state index is 0.0672. The fourth-order valence-electron chi connectivity index (χ4n) is 2.81. The molecule has 0 unspecified atom stereocenters. The third-order valence-corrected chi connectivity index (χ3v) is 4.23. The SMILES string of the molecule is O=C(COc1ncccn1)N1CCN(c2cc(-n3ccnc3)ncn2)CC1. The number of amides is 1. The van der Waals surface area contributed by atoms with Crippen molar-refractivity contribution in [2.45, 2.75) is 0 Å². The highest BCUT2D eigenvalue weighted by atomic mass is 16.5. The van der Waals surface area contributed by atoms with E-state index in [2.05, 4.69) is 29.8 Å². The first kappa shape index (κ1) is 16.9. The summed E-state index contributed by atoms with van der Waals surface area (Å²) in [7, 11) is 0. The molecule has 0 bridgehead atoms. The molecule has 1 fully saturated rings. The number of carbonyl (C=O) groups is 1. The highest BCUT2D eigenvalue weighted by Crippen LogP contribution is 2.16. The smallest absolute Gasteiger partial charge is 0.316 e. The van der Waals surface area contributed by atoms with Gasteiger partial charge in [0.15, 0.2) is 6.61 Å². The zero-order chi connectivity index (χ0) is 18.5. The molecule has 0 aromatic carbocycles. The Labute approximate surface area is 155 Å². The van der Waals surface area contributed by atoms with Crippen LogP contribution in [0.2, 0.25) is 0 Å². The normalized spacial score (nSPS) is 14.2. The number of carbonyl (C=O) groups excluding carboxylic acids is 1. The summed E-state index contributed by atoms with van der Waals surface area (Å²) >= 11 is 0. The number of aromatic nitrogens is 6. The van der Waals surface area contributed by atoms with Crippen LogP contribution in [0.5, 0.6) is 6.01 Å². The first-order valence-electron chi connectivity index (χ1n) is 8.52. The van der Waals surface area contributed by atoms with Crippen molar-refractivity contribution >= 4 is 11.7 Å². The minimum Gasteiger partial charge on any atom is -0.453 e. The molecule has 0 saturated carbocycles. The van der Waals surface area contributed by atoms with Gasteiger partial charge >= 0.3 is 6.01 Å². The maximum absolute atomic E-state index is 12.3. The average Bonchev–Trinajstić information content (AvgIpc) is 3.28. The van der Waals surface area contributed by atoms with Gasteiger partial charge < -0.3 is 14.5 Å². The average molecular weight is 366 g/mol. The van der Waals surface area contributed by atoms with Gasteiger partial charge in [0.25, 0.3) is 5.91 Å². The highest BCUT2D eigenvalue weighted by molar-refractivity contribution is 5.78. The molecule has 3 aromatic heterocycles. The predicted octanol–water partition coefficient (Wildman–Crippen LogP) is 0.180. The molecular weight excluding hydrogens is 348 g/mol. The number of anilines is 1. The van der Waals surface area contributed by atoms with Crippen molar-refractivity contribution in [2.75, 3.05) is 37.7 Å². The molecule has 0 aliphatic carbocycles. The Balaban J connectivity index is 1.32. The molecule has 0 radical (unpaired) electrons. The van der Waals surface area contributed by atoms with Crippen LogP contribution in [-0.2, 0) is 4.79 Å². The van der Waals surface area contributed by atoms with Gasteiger partial charge in [0.2, 0.25) is 0 Å². The van der Waals surface area contributed by atoms with Crippen LogP contribution >= 0.6 is 0 Å². The molecule has 10 nitrogen and oxygen atoms in total. The number of ether oxygens (including phenoxy) is 1. The molecule has 0 spiro atoms. The number of hydrogen-bond acceptors (Lipinski definition) is 8. The molecule has 1 amide bonds. The quantitative estimate of drug-likeness (QED) is 0.630. The van der Waals surface area contributed by atoms with Crippen LogP contribution in [0.4, 0.5) is 5.82 Å². The van der Waals surface area contributed by atoms with E-state index in [1.165, 1.54) is 6.33 Å². The van der Waals surface area contributed by atoms with Gasteiger partial charge in [-0.1, -0.05) is 0 Å². The predicted molar refractivity (Wildman–Crippen MR) is 95.5 cm³/mol. The summed E-state index contributed by atoms with van der Waals surface area (Å²) in [5, 5.41) is 0. The third-order valence-electron chi connectivity index (χ3n) is 4.23. The zero-order valence-electron chi connectivity index (χ0n) is 14.5. The van der Waals surface area contributed by atoms with Crippen molar-refractivity contribution in [3.8, 4) is 11.8 Å². The van der Waals surface area contributed by atoms with Crippen LogP contribution in [-0.4, -0.2) is 73.1 Å². The Bertz CT molecular complexity index is 879. The lowest BCUT2D eigenvalue weighted by molar-refractivity contribution is -0.133. The molecule has 27 heavy (non-hydrogen) atoms. The van der Waals surface area contributed by atoms with Gasteiger partial charge in [0, 0.05) is 57.0 Å². The van der Waals surface area contributed by atoms with Crippen molar-refractivity contribution in [2.24, 2.45) is 0 Å². The first-order chi connectivity index (χ1) is 13.3. The Morgan fingerprint density at radius 3 is 2.52 bits per heavy atom. The van der Waals surface area contributed by atoms with Crippen LogP contribution in [0.15, 0.2) is 49.6 Å². The van der Waals surface area contributed by atoms with Crippen molar-refractivity contribution in [1.29, 1.82) is 0 Å². The molecule has 0 atom stereocenters. The molecule has 4 rings (SSSR count). The third kappa shape index (κ3) is 4.00. The van der Waals surface area contributed by atoms with Crippen LogP contribution < -0.4 is 9.64 Å². The summed E-state index contributed by atoms with van der Waals surface area (Å²) < 4.78 is 7.16. The second kappa shape index (κ2) is 7.77. The van der Waals surface area contributed by atoms with E-state index in [0.717, 1.165) is 11.6 Å². The van der Waals surface area contributed by atoms with E-state index in [1.807, 2.05) is 16.8 Å². The maximum atomic E-state index is 12.3. The summed E-state index contributed by atoms with van der Waals surface area (Å²) in [6, 6.07) is 3.81. The van der Waals surface area contributed by atoms with E-state index >= 15 is 0 Å². The topological polar surface area (TPSA) is 102 Å². The molecule has 1 saturated heterocycles. The fourth-order valence-corrected chi connectivity index (χ4v) is 2.81. The summed E-state index contributed by atoms with van der Waals surface area (Å²) in [5.74, 6) is 1.51. The van der Waals surface area contributed by atoms with Gasteiger partial charge in [-0.25, -0.2) is 24.9 Å². The van der Waals surface area contributed by atoms with E-state index in [1.54, 1.807) is 35.9 Å². The summed E-state index contributed by atoms with van der Waals surface area (Å²) in [6.07, 6.45) is 9.92. The van der Waals surface area contributed by atoms with Gasteiger partial charge in [-0.05, 0) is 6.07 Å². The van der Waals surface area contributed by atoms with Crippen molar-refractivity contribution in [1.82, 2.24) is 34.4 Å². The molecule has 3 aromatic rings. The van der Waals surface area contributed by atoms with Gasteiger partial charge in [-0.2, -0.15) is 0 Å². The number of hydrogen-bond donors (Lipinski definition) is 0. The molecule has 1 aliphatic rings. The summed E-state index contributed by atoms with van der Waals surface area (Å²) in [6.45, 7) is 2.51. The Morgan fingerprint density at radius 1 is 1.00 bits per heavy atom. The van der Waals surface area contributed by atoms with Crippen molar-refractivity contribution in [3.05, 3.63) is 49.6 Å². The van der Waals surface area contributed by atoms with Gasteiger partial charge in [0.1, 0.15) is 24.3 Å². The number of piperazine rings is 1. The van der Waals surface area contributed by atoms with Crippen LogP contribution in [0.3, 0.4) is 0 Å². The van der Waals surface area contributed by atoms with E-state index in [4.69, 9.17) is 4.74 Å². The molecular formula is C17H18N8O2. The second-order valence-electron chi connectivity index (χ2n) is 5.89. The van der Waals surface area contributed by atoms with Gasteiger partial charge in [-0.15, -0.1) is 0 Å². The first-order valence-corrected chi connectivity index (χ1v) is 8.52. The van der Waals surface area contributed by atoms with E-state index in [9.17, 15) is 4.79 Å². The monoisotopic (exact) mass is 366 g/mol. The Morgan fingerprint density at radius 2 is 1.78 bits per heavy atom. The second-order valence-corrected chi connectivity index (χ2v) is 5.89. The van der Waals surface area contributed by atoms with Gasteiger partial charge in [-0.3, -0.25) is 9.36 Å². The highest BCUT2D eigenvalue weighted by Gasteiger charge is 2.22. The van der Waals surface area contributed by atoms with Gasteiger partial charge in [0.05, 0.1) is 0 Å². The van der Waals surface area contributed by atoms with Crippen molar-refractivity contribution < 1.29 is 9.53 Å². The van der Waals surface area contributed by atoms with Crippen LogP contribution in [0, 0.1) is 0 Å². The molecule has 1 aliphatic heterocycles. The lowest BCUT2D eigenvalue weighted by Gasteiger charge is -2.35. The van der Waals surface area contributed by atoms with Crippen molar-refractivity contribution in [3.63, 3.8) is 0 Å². The molecule has 138 valence electrons. The summed E-state index contributed by atoms with van der Waals surface area (Å²) in [5.41, 5.74) is 0. The lowest BCUT2D eigenvalue weighted by atomic mass is 10.3. The van der Waals surface area contributed by atoms with Crippen LogP contribution in [0.1, 0.15) is 0 Å². The van der Waals surface area contributed by atoms with E-state index < -0.39 is 0 Å². The van der Waals surface area contributed by atoms with E-state index in [-0.39, 0.29) is 18.5 Å². The molecule has 0 N–H and O–H groups in total. The summed E-state index contributed by atoms with van der Waals surface area (Å²) in [4.78, 5) is 36.8. The fraction of sp³-hybridized carbons (Fsp3) is 0.294. The number of nitrogens with zero attached hydrogens (tertiary/aromatic N) is 8. The lowest BCUT2D eigenvalue weighted by Crippen LogP contribution is -2.50. The standard InChI is InChI=1S/C17H18N8O2/c26-16(11-27-17-19-2-1-3-20-17)24-8-6-23(7-9-24)14-10-15(22-12-21-14)25-5-4-18-13-25/h1-5,10,12-13H,6-9,11H2. The zero-order valence-corrected chi connectivity index (χ0v) is 14.5. The number of rotatable bonds is 5. The van der Waals surface area contributed by atoms with Crippen LogP contribution in [0.25, 0.3) is 5.82 Å². The minimum atomic E-state index is -0.0797. The van der Waals surface area contributed by atoms with E-state index in [0.29, 0.717) is 26.2 Å². The molecule has 4 heterocycles. The largest absolute Gasteiger partial charge is 0.453 e. The Hall–Kier alpha value is -3.56. The number of imidazole rings is 1. The molecule has 10 heteroatoms. The Kier molecular flexibility index (Phi) is 4.86.